The number of rotatable bonds is 1. The second-order valence-corrected chi connectivity index (χ2v) is 4.38. The van der Waals surface area contributed by atoms with Crippen LogP contribution < -0.4 is 5.32 Å². The van der Waals surface area contributed by atoms with E-state index >= 15 is 0 Å². The van der Waals surface area contributed by atoms with Crippen molar-refractivity contribution in [2.45, 2.75) is 18.8 Å². The van der Waals surface area contributed by atoms with Crippen LogP contribution in [0.4, 0.5) is 4.39 Å². The monoisotopic (exact) mass is 217 g/mol. The third kappa shape index (κ3) is 1.61. The van der Waals surface area contributed by atoms with Crippen LogP contribution in [-0.2, 0) is 0 Å². The van der Waals surface area contributed by atoms with E-state index in [1.54, 1.807) is 6.07 Å². The number of aromatic nitrogens is 1. The smallest absolute Gasteiger partial charge is 0.125 e. The lowest BCUT2D eigenvalue weighted by atomic mass is 9.90. The zero-order chi connectivity index (χ0) is 11.0. The number of nitrogens with one attached hydrogen (secondary N) is 1. The summed E-state index contributed by atoms with van der Waals surface area (Å²) in [6.45, 7) is 1.91. The zero-order valence-corrected chi connectivity index (χ0v) is 9.04. The quantitative estimate of drug-likeness (QED) is 0.761. The Morgan fingerprint density at radius 2 is 2.06 bits per heavy atom. The highest BCUT2D eigenvalue weighted by Gasteiger charge is 2.18. The summed E-state index contributed by atoms with van der Waals surface area (Å²) >= 11 is 0. The van der Waals surface area contributed by atoms with Crippen LogP contribution in [0, 0.1) is 5.82 Å². The van der Waals surface area contributed by atoms with Gasteiger partial charge in [0.1, 0.15) is 5.82 Å². The molecule has 2 nitrogen and oxygen atoms in total. The molecule has 1 aliphatic heterocycles. The first kappa shape index (κ1) is 9.85. The Morgan fingerprint density at radius 3 is 2.88 bits per heavy atom. The zero-order valence-electron chi connectivity index (χ0n) is 9.04. The Bertz CT molecular complexity index is 498. The number of H-pyrrole nitrogens is 1. The second kappa shape index (κ2) is 3.91. The molecule has 1 aromatic carbocycles. The molecule has 0 atom stereocenters. The van der Waals surface area contributed by atoms with E-state index < -0.39 is 0 Å². The summed E-state index contributed by atoms with van der Waals surface area (Å²) in [5.74, 6) is 0.399. The number of nitrogens with zero attached hydrogens (tertiary/aromatic N) is 1. The van der Waals surface area contributed by atoms with Gasteiger partial charge in [-0.15, -0.1) is 0 Å². The molecule has 0 unspecified atom stereocenters. The number of halogens is 1. The minimum Gasteiger partial charge on any atom is -0.361 e. The van der Waals surface area contributed by atoms with Crippen molar-refractivity contribution < 1.29 is 4.39 Å². The van der Waals surface area contributed by atoms with Gasteiger partial charge in [0.05, 0.1) is 0 Å². The van der Waals surface area contributed by atoms with E-state index in [2.05, 4.69) is 10.3 Å². The fourth-order valence-electron chi connectivity index (χ4n) is 2.52. The van der Waals surface area contributed by atoms with Gasteiger partial charge in [-0.05, 0) is 42.5 Å². The van der Waals surface area contributed by atoms with Crippen molar-refractivity contribution in [3.05, 3.63) is 35.8 Å². The summed E-state index contributed by atoms with van der Waals surface area (Å²) in [4.78, 5) is 3.16. The average molecular weight is 217 g/mol. The molecule has 0 spiro atoms. The standard InChI is InChI=1S/C13H14FN2/c14-10-1-2-11-12(8-16-13(11)7-10)9-3-5-15-6-4-9/h1-2,7-9,16H,3-6H2. The molecule has 83 valence electrons. The molecule has 16 heavy (non-hydrogen) atoms. The van der Waals surface area contributed by atoms with E-state index in [-0.39, 0.29) is 5.82 Å². The predicted octanol–water partition coefficient (Wildman–Crippen LogP) is 2.79. The number of benzene rings is 1. The van der Waals surface area contributed by atoms with Crippen molar-refractivity contribution in [2.24, 2.45) is 0 Å². The van der Waals surface area contributed by atoms with Gasteiger partial charge in [-0.3, -0.25) is 0 Å². The highest BCUT2D eigenvalue weighted by molar-refractivity contribution is 5.83. The van der Waals surface area contributed by atoms with E-state index in [0.29, 0.717) is 5.92 Å². The Balaban J connectivity index is 2.03. The molecule has 0 bridgehead atoms. The topological polar surface area (TPSA) is 29.9 Å². The first-order valence-corrected chi connectivity index (χ1v) is 5.74. The molecule has 0 aliphatic carbocycles. The maximum absolute atomic E-state index is 13.1. The van der Waals surface area contributed by atoms with Crippen LogP contribution >= 0.6 is 0 Å². The Hall–Kier alpha value is -1.35. The molecular formula is C13H14FN2. The lowest BCUT2D eigenvalue weighted by molar-refractivity contribution is 0.455. The number of fused-ring (bicyclic) bond motifs is 1. The molecule has 1 aromatic heterocycles. The minimum atomic E-state index is -0.181. The van der Waals surface area contributed by atoms with Crippen molar-refractivity contribution >= 4 is 10.9 Å². The lowest BCUT2D eigenvalue weighted by Crippen LogP contribution is -2.20. The van der Waals surface area contributed by atoms with Crippen molar-refractivity contribution in [1.82, 2.24) is 10.3 Å². The van der Waals surface area contributed by atoms with Gasteiger partial charge < -0.3 is 4.98 Å². The molecule has 2 heterocycles. The van der Waals surface area contributed by atoms with Gasteiger partial charge in [0.15, 0.2) is 0 Å². The summed E-state index contributed by atoms with van der Waals surface area (Å²) in [5.41, 5.74) is 2.22. The van der Waals surface area contributed by atoms with E-state index in [9.17, 15) is 4.39 Å². The molecule has 1 fully saturated rings. The van der Waals surface area contributed by atoms with Gasteiger partial charge >= 0.3 is 0 Å². The van der Waals surface area contributed by atoms with Crippen LogP contribution in [0.25, 0.3) is 10.9 Å². The van der Waals surface area contributed by atoms with Crippen molar-refractivity contribution in [3.8, 4) is 0 Å². The van der Waals surface area contributed by atoms with E-state index in [0.717, 1.165) is 36.8 Å². The van der Waals surface area contributed by atoms with Crippen LogP contribution in [0.5, 0.6) is 0 Å². The molecule has 2 aromatic rings. The highest BCUT2D eigenvalue weighted by Crippen LogP contribution is 2.31. The highest BCUT2D eigenvalue weighted by atomic mass is 19.1. The van der Waals surface area contributed by atoms with E-state index in [1.165, 1.54) is 11.6 Å². The molecule has 1 N–H and O–H groups in total. The molecule has 1 aliphatic rings. The van der Waals surface area contributed by atoms with Crippen molar-refractivity contribution in [3.63, 3.8) is 0 Å². The van der Waals surface area contributed by atoms with E-state index in [1.807, 2.05) is 12.3 Å². The molecule has 0 saturated carbocycles. The van der Waals surface area contributed by atoms with Crippen molar-refractivity contribution in [2.75, 3.05) is 13.1 Å². The van der Waals surface area contributed by atoms with Gasteiger partial charge in [-0.1, -0.05) is 0 Å². The normalized spacial score (nSPS) is 18.1. The second-order valence-electron chi connectivity index (χ2n) is 4.38. The Kier molecular flexibility index (Phi) is 2.40. The number of hydrogen-bond donors (Lipinski definition) is 1. The van der Waals surface area contributed by atoms with Crippen LogP contribution in [-0.4, -0.2) is 18.1 Å². The molecule has 3 rings (SSSR count). The predicted molar refractivity (Wildman–Crippen MR) is 62.1 cm³/mol. The van der Waals surface area contributed by atoms with Crippen LogP contribution in [0.2, 0.25) is 0 Å². The summed E-state index contributed by atoms with van der Waals surface area (Å²) in [7, 11) is 0. The number of hydrogen-bond acceptors (Lipinski definition) is 0. The van der Waals surface area contributed by atoms with Gasteiger partial charge in [0.25, 0.3) is 0 Å². The van der Waals surface area contributed by atoms with Gasteiger partial charge in [0, 0.05) is 30.2 Å². The van der Waals surface area contributed by atoms with Crippen LogP contribution in [0.15, 0.2) is 24.4 Å². The fourth-order valence-corrected chi connectivity index (χ4v) is 2.52. The largest absolute Gasteiger partial charge is 0.361 e. The number of aromatic amines is 1. The van der Waals surface area contributed by atoms with Crippen molar-refractivity contribution in [1.29, 1.82) is 0 Å². The molecule has 1 saturated heterocycles. The maximum Gasteiger partial charge on any atom is 0.125 e. The van der Waals surface area contributed by atoms with Gasteiger partial charge in [-0.2, -0.15) is 0 Å². The SMILES string of the molecule is Fc1ccc2c(C3CC[N]CC3)c[nH]c2c1. The summed E-state index contributed by atoms with van der Waals surface area (Å²) < 4.78 is 13.1. The Morgan fingerprint density at radius 1 is 1.25 bits per heavy atom. The summed E-state index contributed by atoms with van der Waals surface area (Å²) in [5, 5.41) is 5.52. The third-order valence-electron chi connectivity index (χ3n) is 3.39. The molecule has 0 amide bonds. The minimum absolute atomic E-state index is 0.181. The maximum atomic E-state index is 13.1. The average Bonchev–Trinajstić information content (AvgIpc) is 2.73. The molecule has 3 heteroatoms. The summed E-state index contributed by atoms with van der Waals surface area (Å²) in [6, 6.07) is 4.97. The fraction of sp³-hybridized carbons (Fsp3) is 0.385. The van der Waals surface area contributed by atoms with Crippen LogP contribution in [0.1, 0.15) is 24.3 Å². The Labute approximate surface area is 93.9 Å². The van der Waals surface area contributed by atoms with Gasteiger partial charge in [-0.25, -0.2) is 9.71 Å². The molecule has 1 radical (unpaired) electrons. The third-order valence-corrected chi connectivity index (χ3v) is 3.39. The molecular weight excluding hydrogens is 203 g/mol. The van der Waals surface area contributed by atoms with Crippen LogP contribution in [0.3, 0.4) is 0 Å². The first-order valence-electron chi connectivity index (χ1n) is 5.74. The number of piperidine rings is 1. The first-order chi connectivity index (χ1) is 7.84. The summed E-state index contributed by atoms with van der Waals surface area (Å²) in [6.07, 6.45) is 4.26. The van der Waals surface area contributed by atoms with Gasteiger partial charge in [0.2, 0.25) is 0 Å². The lowest BCUT2D eigenvalue weighted by Gasteiger charge is -2.21. The van der Waals surface area contributed by atoms with E-state index in [4.69, 9.17) is 0 Å².